The van der Waals surface area contributed by atoms with Crippen molar-refractivity contribution < 1.29 is 14.0 Å². The van der Waals surface area contributed by atoms with Crippen LogP contribution in [-0.2, 0) is 23.3 Å². The molecule has 0 radical (unpaired) electrons. The Morgan fingerprint density at radius 1 is 1.07 bits per heavy atom. The average Bonchev–Trinajstić information content (AvgIpc) is 3.29. The van der Waals surface area contributed by atoms with Crippen molar-refractivity contribution in [2.24, 2.45) is 0 Å². The van der Waals surface area contributed by atoms with E-state index in [1.54, 1.807) is 13.1 Å². The van der Waals surface area contributed by atoms with Crippen molar-refractivity contribution in [1.82, 2.24) is 15.2 Å². The van der Waals surface area contributed by atoms with Crippen LogP contribution in [0.25, 0.3) is 11.3 Å². The van der Waals surface area contributed by atoms with Crippen molar-refractivity contribution in [3.05, 3.63) is 77.8 Å². The van der Waals surface area contributed by atoms with Gasteiger partial charge in [0.05, 0.1) is 6.20 Å². The van der Waals surface area contributed by atoms with Crippen molar-refractivity contribution in [3.63, 3.8) is 0 Å². The number of urea groups is 1. The molecule has 0 bridgehead atoms. The van der Waals surface area contributed by atoms with Gasteiger partial charge in [-0.2, -0.15) is 0 Å². The number of imide groups is 1. The Morgan fingerprint density at radius 3 is 2.48 bits per heavy atom. The number of aryl methyl sites for hydroxylation is 1. The second-order valence-electron chi connectivity index (χ2n) is 7.38. The summed E-state index contributed by atoms with van der Waals surface area (Å²) >= 11 is 0. The maximum atomic E-state index is 13.1. The molecule has 6 nitrogen and oxygen atoms in total. The van der Waals surface area contributed by atoms with Crippen LogP contribution in [0.1, 0.15) is 37.3 Å². The van der Waals surface area contributed by atoms with Gasteiger partial charge < -0.3 is 9.73 Å². The predicted octanol–water partition coefficient (Wildman–Crippen LogP) is 4.26. The van der Waals surface area contributed by atoms with Crippen molar-refractivity contribution >= 4 is 11.9 Å². The van der Waals surface area contributed by atoms with Gasteiger partial charge in [-0.25, -0.2) is 9.78 Å². The number of oxazole rings is 1. The number of hydrogen-bond acceptors (Lipinski definition) is 4. The Morgan fingerprint density at radius 2 is 1.79 bits per heavy atom. The highest BCUT2D eigenvalue weighted by molar-refractivity contribution is 6.07. The summed E-state index contributed by atoms with van der Waals surface area (Å²) in [7, 11) is 0. The molecular weight excluding hydrogens is 366 g/mol. The van der Waals surface area contributed by atoms with Crippen molar-refractivity contribution in [2.75, 3.05) is 0 Å². The van der Waals surface area contributed by atoms with Gasteiger partial charge in [-0.05, 0) is 24.5 Å². The highest BCUT2D eigenvalue weighted by Gasteiger charge is 2.49. The molecule has 6 heteroatoms. The van der Waals surface area contributed by atoms with Gasteiger partial charge in [0.25, 0.3) is 5.91 Å². The van der Waals surface area contributed by atoms with Crippen LogP contribution in [0.2, 0.25) is 0 Å². The Hall–Kier alpha value is -3.41. The predicted molar refractivity (Wildman–Crippen MR) is 109 cm³/mol. The molecule has 2 aromatic carbocycles. The number of aromatic nitrogens is 1. The van der Waals surface area contributed by atoms with E-state index in [0.717, 1.165) is 28.9 Å². The average molecular weight is 389 g/mol. The fourth-order valence-corrected chi connectivity index (χ4v) is 3.58. The minimum absolute atomic E-state index is 0.0129. The van der Waals surface area contributed by atoms with E-state index in [1.807, 2.05) is 54.6 Å². The van der Waals surface area contributed by atoms with E-state index in [-0.39, 0.29) is 12.5 Å². The van der Waals surface area contributed by atoms with E-state index < -0.39 is 11.6 Å². The van der Waals surface area contributed by atoms with Gasteiger partial charge in [0.2, 0.25) is 5.89 Å². The number of carbonyl (C=O) groups is 2. The second kappa shape index (κ2) is 7.54. The maximum Gasteiger partial charge on any atom is 0.325 e. The smallest absolute Gasteiger partial charge is 0.325 e. The molecule has 1 fully saturated rings. The number of nitrogens with zero attached hydrogens (tertiary/aromatic N) is 2. The van der Waals surface area contributed by atoms with Gasteiger partial charge in [0, 0.05) is 5.56 Å². The third kappa shape index (κ3) is 3.53. The SMILES string of the molecule is CCCc1ccc([C@@]2(C)NC(=O)N(Cc3ncc(-c4ccccc4)o3)C2=O)cc1. The summed E-state index contributed by atoms with van der Waals surface area (Å²) in [6.07, 6.45) is 3.65. The third-order valence-corrected chi connectivity index (χ3v) is 5.25. The third-order valence-electron chi connectivity index (χ3n) is 5.25. The molecule has 1 N–H and O–H groups in total. The van der Waals surface area contributed by atoms with E-state index >= 15 is 0 Å². The number of benzene rings is 2. The number of hydrogen-bond donors (Lipinski definition) is 1. The van der Waals surface area contributed by atoms with Crippen LogP contribution >= 0.6 is 0 Å². The van der Waals surface area contributed by atoms with E-state index in [4.69, 9.17) is 4.42 Å². The van der Waals surface area contributed by atoms with Crippen molar-refractivity contribution in [1.29, 1.82) is 0 Å². The highest BCUT2D eigenvalue weighted by Crippen LogP contribution is 2.30. The molecule has 2 heterocycles. The molecule has 4 rings (SSSR count). The van der Waals surface area contributed by atoms with Crippen LogP contribution in [0.4, 0.5) is 4.79 Å². The molecule has 29 heavy (non-hydrogen) atoms. The van der Waals surface area contributed by atoms with Gasteiger partial charge in [0.15, 0.2) is 5.76 Å². The number of carbonyl (C=O) groups excluding carboxylic acids is 2. The van der Waals surface area contributed by atoms with Crippen molar-refractivity contribution in [3.8, 4) is 11.3 Å². The topological polar surface area (TPSA) is 75.4 Å². The lowest BCUT2D eigenvalue weighted by atomic mass is 9.91. The largest absolute Gasteiger partial charge is 0.439 e. The number of rotatable bonds is 6. The molecule has 3 aromatic rings. The normalized spacial score (nSPS) is 18.9. The first-order chi connectivity index (χ1) is 14.0. The molecule has 0 aliphatic carbocycles. The molecule has 1 atom stereocenters. The summed E-state index contributed by atoms with van der Waals surface area (Å²) in [4.78, 5) is 31.0. The standard InChI is InChI=1S/C23H23N3O3/c1-3-7-16-10-12-18(13-11-16)23(2)21(27)26(22(28)25-23)15-20-24-14-19(29-20)17-8-5-4-6-9-17/h4-6,8-14H,3,7,15H2,1-2H3,(H,25,28)/t23-/m1/s1. The summed E-state index contributed by atoms with van der Waals surface area (Å²) < 4.78 is 5.76. The zero-order chi connectivity index (χ0) is 20.4. The van der Waals surface area contributed by atoms with Crippen LogP contribution in [0, 0.1) is 0 Å². The molecule has 1 saturated heterocycles. The highest BCUT2D eigenvalue weighted by atomic mass is 16.4. The first-order valence-corrected chi connectivity index (χ1v) is 9.75. The van der Waals surface area contributed by atoms with Crippen LogP contribution in [0.5, 0.6) is 0 Å². The first kappa shape index (κ1) is 18.9. The molecule has 1 aliphatic rings. The zero-order valence-electron chi connectivity index (χ0n) is 16.5. The Kier molecular flexibility index (Phi) is 4.92. The Labute approximate surface area is 169 Å². The lowest BCUT2D eigenvalue weighted by molar-refractivity contribution is -0.131. The maximum absolute atomic E-state index is 13.1. The molecular formula is C23H23N3O3. The summed E-state index contributed by atoms with van der Waals surface area (Å²) in [6.45, 7) is 3.84. The zero-order valence-corrected chi connectivity index (χ0v) is 16.5. The van der Waals surface area contributed by atoms with Crippen LogP contribution in [0.15, 0.2) is 65.2 Å². The second-order valence-corrected chi connectivity index (χ2v) is 7.38. The lowest BCUT2D eigenvalue weighted by Crippen LogP contribution is -2.40. The summed E-state index contributed by atoms with van der Waals surface area (Å²) in [6, 6.07) is 16.9. The fourth-order valence-electron chi connectivity index (χ4n) is 3.58. The molecule has 0 unspecified atom stereocenters. The van der Waals surface area contributed by atoms with Gasteiger partial charge >= 0.3 is 6.03 Å². The lowest BCUT2D eigenvalue weighted by Gasteiger charge is -2.22. The minimum atomic E-state index is -1.10. The number of nitrogens with one attached hydrogen (secondary N) is 1. The Balaban J connectivity index is 1.53. The fraction of sp³-hybridized carbons (Fsp3) is 0.261. The minimum Gasteiger partial charge on any atom is -0.439 e. The molecule has 148 valence electrons. The van der Waals surface area contributed by atoms with Gasteiger partial charge in [-0.15, -0.1) is 0 Å². The first-order valence-electron chi connectivity index (χ1n) is 9.75. The molecule has 0 spiro atoms. The van der Waals surface area contributed by atoms with E-state index in [9.17, 15) is 9.59 Å². The molecule has 3 amide bonds. The summed E-state index contributed by atoms with van der Waals surface area (Å²) in [5.74, 6) is 0.599. The van der Waals surface area contributed by atoms with Crippen LogP contribution < -0.4 is 5.32 Å². The van der Waals surface area contributed by atoms with E-state index in [0.29, 0.717) is 11.7 Å². The molecule has 1 aromatic heterocycles. The van der Waals surface area contributed by atoms with Gasteiger partial charge in [-0.1, -0.05) is 67.9 Å². The van der Waals surface area contributed by atoms with Crippen LogP contribution in [-0.4, -0.2) is 21.8 Å². The van der Waals surface area contributed by atoms with E-state index in [1.165, 1.54) is 5.56 Å². The summed E-state index contributed by atoms with van der Waals surface area (Å²) in [5, 5.41) is 2.82. The molecule has 0 saturated carbocycles. The van der Waals surface area contributed by atoms with Crippen LogP contribution in [0.3, 0.4) is 0 Å². The summed E-state index contributed by atoms with van der Waals surface area (Å²) in [5.41, 5.74) is 1.76. The monoisotopic (exact) mass is 389 g/mol. The van der Waals surface area contributed by atoms with E-state index in [2.05, 4.69) is 17.2 Å². The molecule has 1 aliphatic heterocycles. The Bertz CT molecular complexity index is 1030. The van der Waals surface area contributed by atoms with Gasteiger partial charge in [-0.3, -0.25) is 9.69 Å². The quantitative estimate of drug-likeness (QED) is 0.639. The van der Waals surface area contributed by atoms with Crippen molar-refractivity contribution in [2.45, 2.75) is 38.8 Å². The number of amides is 3. The van der Waals surface area contributed by atoms with Gasteiger partial charge in [0.1, 0.15) is 12.1 Å².